The van der Waals surface area contributed by atoms with Gasteiger partial charge in [0.05, 0.1) is 0 Å². The zero-order chi connectivity index (χ0) is 20.2. The molecule has 3 amide bonds. The van der Waals surface area contributed by atoms with Gasteiger partial charge in [-0.15, -0.1) is 0 Å². The van der Waals surface area contributed by atoms with Crippen molar-refractivity contribution in [3.63, 3.8) is 0 Å². The van der Waals surface area contributed by atoms with Gasteiger partial charge in [0.25, 0.3) is 5.91 Å². The van der Waals surface area contributed by atoms with Crippen molar-refractivity contribution in [2.75, 3.05) is 13.1 Å². The molecule has 1 unspecified atom stereocenters. The topological polar surface area (TPSA) is 95.7 Å². The molecule has 4 fully saturated rings. The van der Waals surface area contributed by atoms with Crippen LogP contribution in [0, 0.1) is 5.92 Å². The Balaban J connectivity index is 1.34. The monoisotopic (exact) mass is 396 g/mol. The van der Waals surface area contributed by atoms with E-state index in [-0.39, 0.29) is 29.7 Å². The van der Waals surface area contributed by atoms with Crippen molar-refractivity contribution in [3.8, 4) is 0 Å². The molecule has 1 saturated carbocycles. The van der Waals surface area contributed by atoms with Crippen molar-refractivity contribution in [2.45, 2.75) is 63.2 Å². The molecule has 154 valence electrons. The summed E-state index contributed by atoms with van der Waals surface area (Å²) in [5, 5.41) is 2.35. The molecular weight excluding hydrogens is 368 g/mol. The minimum absolute atomic E-state index is 0.106. The van der Waals surface area contributed by atoms with Crippen LogP contribution >= 0.6 is 0 Å². The average Bonchev–Trinajstić information content (AvgIpc) is 3.05. The Bertz CT molecular complexity index is 875. The summed E-state index contributed by atoms with van der Waals surface area (Å²) >= 11 is 0. The molecule has 0 aromatic heterocycles. The highest BCUT2D eigenvalue weighted by Gasteiger charge is 2.45. The van der Waals surface area contributed by atoms with E-state index in [1.165, 1.54) is 25.7 Å². The molecule has 2 bridgehead atoms. The molecule has 5 aliphatic rings. The largest absolute Gasteiger partial charge is 0.329 e. The van der Waals surface area contributed by atoms with Crippen molar-refractivity contribution >= 4 is 17.7 Å². The highest BCUT2D eigenvalue weighted by molar-refractivity contribution is 6.05. The molecule has 1 aliphatic carbocycles. The number of nitrogens with zero attached hydrogens (tertiary/aromatic N) is 2. The standard InChI is InChI=1S/C22H28N4O3/c23-13-22-7-5-14(6-8-22)10-25(22)11-15-1-2-16-12-26(21(29)17(16)9-15)18-3-4-19(27)24-20(18)28/h1-2,9,14,18H,3-8,10-13,23H2,(H,24,27,28). The molecule has 3 N–H and O–H groups in total. The van der Waals surface area contributed by atoms with Crippen molar-refractivity contribution in [1.29, 1.82) is 0 Å². The van der Waals surface area contributed by atoms with E-state index in [1.54, 1.807) is 4.90 Å². The Kier molecular flexibility index (Phi) is 4.47. The first-order valence-electron chi connectivity index (χ1n) is 10.7. The number of hydrogen-bond acceptors (Lipinski definition) is 5. The minimum Gasteiger partial charge on any atom is -0.329 e. The molecule has 7 heteroatoms. The maximum Gasteiger partial charge on any atom is 0.255 e. The van der Waals surface area contributed by atoms with E-state index in [4.69, 9.17) is 5.73 Å². The minimum atomic E-state index is -0.561. The average molecular weight is 396 g/mol. The number of carbonyl (C=O) groups excluding carboxylic acids is 3. The van der Waals surface area contributed by atoms with Crippen LogP contribution in [0.1, 0.15) is 60.0 Å². The van der Waals surface area contributed by atoms with Gasteiger partial charge in [-0.25, -0.2) is 0 Å². The van der Waals surface area contributed by atoms with E-state index >= 15 is 0 Å². The summed E-state index contributed by atoms with van der Waals surface area (Å²) in [7, 11) is 0. The highest BCUT2D eigenvalue weighted by Crippen LogP contribution is 2.43. The molecule has 6 rings (SSSR count). The first-order valence-corrected chi connectivity index (χ1v) is 10.7. The summed E-state index contributed by atoms with van der Waals surface area (Å²) < 4.78 is 0. The van der Waals surface area contributed by atoms with Gasteiger partial charge >= 0.3 is 0 Å². The Morgan fingerprint density at radius 2 is 1.93 bits per heavy atom. The summed E-state index contributed by atoms with van der Waals surface area (Å²) in [6, 6.07) is 5.56. The fraction of sp³-hybridized carbons (Fsp3) is 0.591. The molecule has 0 radical (unpaired) electrons. The van der Waals surface area contributed by atoms with Crippen molar-refractivity contribution in [3.05, 3.63) is 34.9 Å². The third-order valence-electron chi connectivity index (χ3n) is 7.53. The van der Waals surface area contributed by atoms with Crippen LogP contribution in [0.2, 0.25) is 0 Å². The van der Waals surface area contributed by atoms with Gasteiger partial charge in [0.1, 0.15) is 6.04 Å². The zero-order valence-corrected chi connectivity index (χ0v) is 16.7. The maximum absolute atomic E-state index is 13.0. The number of fused-ring (bicyclic) bond motifs is 4. The van der Waals surface area contributed by atoms with E-state index in [0.717, 1.165) is 30.1 Å². The third kappa shape index (κ3) is 3.07. The number of rotatable bonds is 4. The second kappa shape index (κ2) is 6.92. The van der Waals surface area contributed by atoms with E-state index in [9.17, 15) is 14.4 Å². The lowest BCUT2D eigenvalue weighted by Gasteiger charge is -2.54. The van der Waals surface area contributed by atoms with Gasteiger partial charge in [-0.2, -0.15) is 0 Å². The number of nitrogens with one attached hydrogen (secondary N) is 1. The Morgan fingerprint density at radius 1 is 1.14 bits per heavy atom. The second-order valence-corrected chi connectivity index (χ2v) is 9.14. The lowest BCUT2D eigenvalue weighted by Crippen LogP contribution is -2.61. The maximum atomic E-state index is 13.0. The van der Waals surface area contributed by atoms with E-state index in [2.05, 4.69) is 16.3 Å². The number of amides is 3. The highest BCUT2D eigenvalue weighted by atomic mass is 16.2. The SMILES string of the molecule is NCC12CCC(CC1)CN2Cc1ccc2c(c1)C(=O)N(C1CCC(=O)NC1=O)C2. The first-order chi connectivity index (χ1) is 14.0. The molecule has 3 saturated heterocycles. The van der Waals surface area contributed by atoms with Crippen LogP contribution in [0.15, 0.2) is 18.2 Å². The lowest BCUT2D eigenvalue weighted by molar-refractivity contribution is -0.136. The molecule has 1 aromatic carbocycles. The number of carbonyl (C=O) groups is 3. The smallest absolute Gasteiger partial charge is 0.255 e. The van der Waals surface area contributed by atoms with Crippen LogP contribution in [-0.4, -0.2) is 52.2 Å². The molecule has 4 heterocycles. The van der Waals surface area contributed by atoms with Crippen LogP contribution in [-0.2, 0) is 22.7 Å². The van der Waals surface area contributed by atoms with Crippen LogP contribution in [0.3, 0.4) is 0 Å². The Hall–Kier alpha value is -2.25. The van der Waals surface area contributed by atoms with Crippen LogP contribution < -0.4 is 11.1 Å². The van der Waals surface area contributed by atoms with Gasteiger partial charge in [-0.3, -0.25) is 24.6 Å². The van der Waals surface area contributed by atoms with Crippen LogP contribution in [0.25, 0.3) is 0 Å². The summed E-state index contributed by atoms with van der Waals surface area (Å²) in [4.78, 5) is 40.8. The number of benzene rings is 1. The second-order valence-electron chi connectivity index (χ2n) is 9.14. The molecule has 1 aromatic rings. The van der Waals surface area contributed by atoms with Crippen molar-refractivity contribution in [2.24, 2.45) is 11.7 Å². The molecule has 7 nitrogen and oxygen atoms in total. The summed E-state index contributed by atoms with van der Waals surface area (Å²) in [5.41, 5.74) is 9.07. The van der Waals surface area contributed by atoms with E-state index < -0.39 is 6.04 Å². The van der Waals surface area contributed by atoms with E-state index in [0.29, 0.717) is 25.1 Å². The molecule has 29 heavy (non-hydrogen) atoms. The lowest BCUT2D eigenvalue weighted by atomic mass is 9.70. The number of imide groups is 1. The normalized spacial score (nSPS) is 31.9. The first kappa shape index (κ1) is 18.8. The molecule has 1 atom stereocenters. The summed E-state index contributed by atoms with van der Waals surface area (Å²) in [6.45, 7) is 3.02. The number of piperidine rings is 3. The molecule has 4 aliphatic heterocycles. The fourth-order valence-electron chi connectivity index (χ4n) is 5.71. The van der Waals surface area contributed by atoms with E-state index in [1.807, 2.05) is 12.1 Å². The quantitative estimate of drug-likeness (QED) is 0.745. The predicted octanol–water partition coefficient (Wildman–Crippen LogP) is 1.15. The van der Waals surface area contributed by atoms with Crippen LogP contribution in [0.5, 0.6) is 0 Å². The Labute approximate surface area is 170 Å². The van der Waals surface area contributed by atoms with Crippen molar-refractivity contribution < 1.29 is 14.4 Å². The van der Waals surface area contributed by atoms with Crippen molar-refractivity contribution in [1.82, 2.24) is 15.1 Å². The number of hydrogen-bond donors (Lipinski definition) is 2. The Morgan fingerprint density at radius 3 is 2.66 bits per heavy atom. The molecular formula is C22H28N4O3. The summed E-state index contributed by atoms with van der Waals surface area (Å²) in [6.07, 6.45) is 5.56. The number of nitrogens with two attached hydrogens (primary N) is 1. The van der Waals surface area contributed by atoms with Gasteiger partial charge in [-0.05, 0) is 55.2 Å². The van der Waals surface area contributed by atoms with Gasteiger partial charge in [-0.1, -0.05) is 12.1 Å². The van der Waals surface area contributed by atoms with Gasteiger partial charge < -0.3 is 10.6 Å². The molecule has 0 spiro atoms. The van der Waals surface area contributed by atoms with Crippen LogP contribution in [0.4, 0.5) is 0 Å². The van der Waals surface area contributed by atoms with Gasteiger partial charge in [0, 0.05) is 43.7 Å². The third-order valence-corrected chi connectivity index (χ3v) is 7.53. The van der Waals surface area contributed by atoms with Gasteiger partial charge in [0.15, 0.2) is 0 Å². The van der Waals surface area contributed by atoms with Gasteiger partial charge in [0.2, 0.25) is 11.8 Å². The summed E-state index contributed by atoms with van der Waals surface area (Å²) in [5.74, 6) is 0.0340. The predicted molar refractivity (Wildman–Crippen MR) is 107 cm³/mol. The zero-order valence-electron chi connectivity index (χ0n) is 16.7. The fourth-order valence-corrected chi connectivity index (χ4v) is 5.71.